The first-order valence-electron chi connectivity index (χ1n) is 7.41. The third-order valence-electron chi connectivity index (χ3n) is 4.91. The van der Waals surface area contributed by atoms with Gasteiger partial charge in [0.15, 0.2) is 0 Å². The van der Waals surface area contributed by atoms with E-state index < -0.39 is 0 Å². The van der Waals surface area contributed by atoms with Crippen LogP contribution in [-0.2, 0) is 5.54 Å². The van der Waals surface area contributed by atoms with Crippen molar-refractivity contribution >= 4 is 11.3 Å². The molecule has 0 aromatic carbocycles. The maximum atomic E-state index is 5.77. The largest absolute Gasteiger partial charge is 0.467 e. The summed E-state index contributed by atoms with van der Waals surface area (Å²) in [5.41, 5.74) is 1.57. The Morgan fingerprint density at radius 1 is 1.40 bits per heavy atom. The molecule has 1 aliphatic rings. The van der Waals surface area contributed by atoms with Gasteiger partial charge in [-0.3, -0.25) is 4.90 Å². The summed E-state index contributed by atoms with van der Waals surface area (Å²) >= 11 is 1.81. The third kappa shape index (κ3) is 2.33. The molecule has 0 bridgehead atoms. The van der Waals surface area contributed by atoms with Crippen LogP contribution in [0.1, 0.15) is 43.4 Å². The lowest BCUT2D eigenvalue weighted by Crippen LogP contribution is -2.41. The maximum absolute atomic E-state index is 5.77. The molecule has 108 valence electrons. The molecule has 2 aromatic rings. The molecule has 1 fully saturated rings. The second kappa shape index (κ2) is 5.38. The summed E-state index contributed by atoms with van der Waals surface area (Å²) in [5, 5.41) is 4.50. The predicted molar refractivity (Wildman–Crippen MR) is 84.1 cm³/mol. The summed E-state index contributed by atoms with van der Waals surface area (Å²) in [6, 6.07) is 6.42. The van der Waals surface area contributed by atoms with Crippen molar-refractivity contribution in [2.24, 2.45) is 5.92 Å². The normalized spacial score (nSPS) is 24.8. The van der Waals surface area contributed by atoms with E-state index in [9.17, 15) is 0 Å². The van der Waals surface area contributed by atoms with Crippen molar-refractivity contribution in [3.8, 4) is 0 Å². The Balaban J connectivity index is 1.79. The van der Waals surface area contributed by atoms with E-state index in [0.717, 1.165) is 24.0 Å². The molecule has 2 heterocycles. The molecule has 0 saturated heterocycles. The van der Waals surface area contributed by atoms with Crippen LogP contribution in [0.3, 0.4) is 0 Å². The zero-order valence-electron chi connectivity index (χ0n) is 12.5. The second-order valence-electron chi connectivity index (χ2n) is 6.12. The molecule has 3 rings (SSSR count). The van der Waals surface area contributed by atoms with Gasteiger partial charge in [-0.2, -0.15) is 11.3 Å². The molecule has 3 heteroatoms. The second-order valence-corrected chi connectivity index (χ2v) is 6.90. The summed E-state index contributed by atoms with van der Waals surface area (Å²) in [6.07, 6.45) is 5.39. The minimum Gasteiger partial charge on any atom is -0.467 e. The molecule has 3 unspecified atom stereocenters. The summed E-state index contributed by atoms with van der Waals surface area (Å²) in [6.45, 7) is 2.27. The van der Waals surface area contributed by atoms with Gasteiger partial charge in [0.2, 0.25) is 0 Å². The Kier molecular flexibility index (Phi) is 3.74. The Morgan fingerprint density at radius 3 is 2.80 bits per heavy atom. The topological polar surface area (TPSA) is 16.4 Å². The van der Waals surface area contributed by atoms with E-state index in [1.165, 1.54) is 18.4 Å². The monoisotopic (exact) mass is 289 g/mol. The highest BCUT2D eigenvalue weighted by Crippen LogP contribution is 2.54. The summed E-state index contributed by atoms with van der Waals surface area (Å²) < 4.78 is 5.77. The molecule has 2 aromatic heterocycles. The fraction of sp³-hybridized carbons (Fsp3) is 0.529. The molecule has 20 heavy (non-hydrogen) atoms. The molecule has 0 spiro atoms. The van der Waals surface area contributed by atoms with Crippen molar-refractivity contribution in [2.45, 2.75) is 37.6 Å². The number of thiophene rings is 1. The van der Waals surface area contributed by atoms with Gasteiger partial charge < -0.3 is 4.42 Å². The quantitative estimate of drug-likeness (QED) is 0.766. The number of hydrogen-bond acceptors (Lipinski definition) is 3. The van der Waals surface area contributed by atoms with Gasteiger partial charge in [-0.1, -0.05) is 6.92 Å². The van der Waals surface area contributed by atoms with Gasteiger partial charge in [-0.25, -0.2) is 0 Å². The predicted octanol–water partition coefficient (Wildman–Crippen LogP) is 4.70. The van der Waals surface area contributed by atoms with E-state index in [4.69, 9.17) is 4.42 Å². The molecule has 0 amide bonds. The highest BCUT2D eigenvalue weighted by atomic mass is 32.1. The standard InChI is InChI=1S/C17H23NOS/c1-4-17(18(2)3,16-6-5-8-19-16)11-14-10-15(14)13-7-9-20-12-13/h5-9,12,14-15H,4,10-11H2,1-3H3. The van der Waals surface area contributed by atoms with Crippen LogP contribution in [0.25, 0.3) is 0 Å². The van der Waals surface area contributed by atoms with Crippen LogP contribution in [0.5, 0.6) is 0 Å². The lowest BCUT2D eigenvalue weighted by molar-refractivity contribution is 0.0960. The van der Waals surface area contributed by atoms with Gasteiger partial charge in [0, 0.05) is 0 Å². The molecule has 3 atom stereocenters. The van der Waals surface area contributed by atoms with E-state index in [0.29, 0.717) is 0 Å². The Hall–Kier alpha value is -1.06. The highest BCUT2D eigenvalue weighted by molar-refractivity contribution is 7.08. The van der Waals surface area contributed by atoms with Gasteiger partial charge >= 0.3 is 0 Å². The third-order valence-corrected chi connectivity index (χ3v) is 5.62. The molecule has 1 aliphatic carbocycles. The zero-order valence-corrected chi connectivity index (χ0v) is 13.3. The fourth-order valence-electron chi connectivity index (χ4n) is 3.48. The average molecular weight is 289 g/mol. The number of nitrogens with zero attached hydrogens (tertiary/aromatic N) is 1. The van der Waals surface area contributed by atoms with Crippen molar-refractivity contribution < 1.29 is 4.42 Å². The molecule has 0 N–H and O–H groups in total. The fourth-order valence-corrected chi connectivity index (χ4v) is 4.21. The average Bonchev–Trinajstić information content (AvgIpc) is 2.93. The first kappa shape index (κ1) is 13.9. The minimum atomic E-state index is 0.0406. The Morgan fingerprint density at radius 2 is 2.25 bits per heavy atom. The number of hydrogen-bond donors (Lipinski definition) is 0. The molecule has 2 nitrogen and oxygen atoms in total. The molecular weight excluding hydrogens is 266 g/mol. The summed E-state index contributed by atoms with van der Waals surface area (Å²) in [5.74, 6) is 2.67. The minimum absolute atomic E-state index is 0.0406. The van der Waals surface area contributed by atoms with Crippen molar-refractivity contribution in [1.29, 1.82) is 0 Å². The molecule has 0 aliphatic heterocycles. The molecule has 1 saturated carbocycles. The van der Waals surface area contributed by atoms with Crippen molar-refractivity contribution in [3.05, 3.63) is 46.5 Å². The lowest BCUT2D eigenvalue weighted by atomic mass is 9.85. The van der Waals surface area contributed by atoms with E-state index in [2.05, 4.69) is 48.8 Å². The first-order chi connectivity index (χ1) is 9.67. The van der Waals surface area contributed by atoms with Gasteiger partial charge in [-0.15, -0.1) is 0 Å². The lowest BCUT2D eigenvalue weighted by Gasteiger charge is -2.38. The Bertz CT molecular complexity index is 531. The highest BCUT2D eigenvalue weighted by Gasteiger charge is 2.46. The molecule has 0 radical (unpaired) electrons. The smallest absolute Gasteiger partial charge is 0.124 e. The van der Waals surface area contributed by atoms with Crippen LogP contribution in [-0.4, -0.2) is 19.0 Å². The van der Waals surface area contributed by atoms with E-state index in [-0.39, 0.29) is 5.54 Å². The SMILES string of the molecule is CCC(CC1CC1c1ccsc1)(c1ccco1)N(C)C. The van der Waals surface area contributed by atoms with Crippen LogP contribution in [0.2, 0.25) is 0 Å². The van der Waals surface area contributed by atoms with Crippen LogP contribution in [0.4, 0.5) is 0 Å². The summed E-state index contributed by atoms with van der Waals surface area (Å²) in [4.78, 5) is 2.34. The summed E-state index contributed by atoms with van der Waals surface area (Å²) in [7, 11) is 4.35. The molecular formula is C17H23NOS. The van der Waals surface area contributed by atoms with E-state index in [1.807, 2.05) is 17.4 Å². The van der Waals surface area contributed by atoms with E-state index in [1.54, 1.807) is 6.26 Å². The maximum Gasteiger partial charge on any atom is 0.124 e. The van der Waals surface area contributed by atoms with Gasteiger partial charge in [0.05, 0.1) is 11.8 Å². The number of rotatable bonds is 6. The first-order valence-corrected chi connectivity index (χ1v) is 8.35. The van der Waals surface area contributed by atoms with Crippen molar-refractivity contribution in [3.63, 3.8) is 0 Å². The van der Waals surface area contributed by atoms with Gasteiger partial charge in [0.1, 0.15) is 5.76 Å². The van der Waals surface area contributed by atoms with Gasteiger partial charge in [0.25, 0.3) is 0 Å². The van der Waals surface area contributed by atoms with Crippen LogP contribution in [0.15, 0.2) is 39.6 Å². The van der Waals surface area contributed by atoms with Crippen molar-refractivity contribution in [1.82, 2.24) is 4.90 Å². The van der Waals surface area contributed by atoms with E-state index >= 15 is 0 Å². The van der Waals surface area contributed by atoms with Crippen molar-refractivity contribution in [2.75, 3.05) is 14.1 Å². The van der Waals surface area contributed by atoms with Gasteiger partial charge in [-0.05, 0) is 79.7 Å². The van der Waals surface area contributed by atoms with Crippen LogP contribution >= 0.6 is 11.3 Å². The van der Waals surface area contributed by atoms with Crippen LogP contribution < -0.4 is 0 Å². The Labute approximate surface area is 125 Å². The zero-order chi connectivity index (χ0) is 14.2. The van der Waals surface area contributed by atoms with Crippen LogP contribution in [0, 0.1) is 5.92 Å². The number of furan rings is 1.